The average molecular weight is 364 g/mol. The van der Waals surface area contributed by atoms with Gasteiger partial charge in [-0.05, 0) is 48.9 Å². The van der Waals surface area contributed by atoms with Gasteiger partial charge in [0.15, 0.2) is 5.76 Å². The molecule has 0 atom stereocenters. The van der Waals surface area contributed by atoms with Gasteiger partial charge in [-0.25, -0.2) is 0 Å². The van der Waals surface area contributed by atoms with E-state index in [4.69, 9.17) is 9.15 Å². The molecule has 6 heteroatoms. The third kappa shape index (κ3) is 4.76. The van der Waals surface area contributed by atoms with Gasteiger partial charge in [-0.2, -0.15) is 0 Å². The molecule has 0 saturated carbocycles. The second-order valence-corrected chi connectivity index (χ2v) is 5.74. The van der Waals surface area contributed by atoms with E-state index in [2.05, 4.69) is 10.6 Å². The molecule has 0 aliphatic heterocycles. The zero-order chi connectivity index (χ0) is 19.1. The molecular formula is C21H20N2O4. The van der Waals surface area contributed by atoms with Gasteiger partial charge in [-0.15, -0.1) is 0 Å². The van der Waals surface area contributed by atoms with E-state index in [0.717, 1.165) is 5.56 Å². The predicted octanol–water partition coefficient (Wildman–Crippen LogP) is 3.86. The van der Waals surface area contributed by atoms with Crippen molar-refractivity contribution in [2.45, 2.75) is 13.5 Å². The number of para-hydroxylation sites is 1. The Morgan fingerprint density at radius 1 is 1.00 bits per heavy atom. The number of ether oxygens (including phenoxy) is 1. The van der Waals surface area contributed by atoms with E-state index in [1.54, 1.807) is 42.5 Å². The van der Waals surface area contributed by atoms with Crippen LogP contribution in [0.1, 0.15) is 33.4 Å². The second kappa shape index (κ2) is 8.71. The van der Waals surface area contributed by atoms with E-state index in [0.29, 0.717) is 30.2 Å². The molecule has 0 aliphatic carbocycles. The summed E-state index contributed by atoms with van der Waals surface area (Å²) in [6.07, 6.45) is 1.45. The lowest BCUT2D eigenvalue weighted by Crippen LogP contribution is -2.23. The molecule has 3 aromatic rings. The van der Waals surface area contributed by atoms with Crippen LogP contribution in [0.3, 0.4) is 0 Å². The first kappa shape index (κ1) is 18.3. The molecular weight excluding hydrogens is 344 g/mol. The van der Waals surface area contributed by atoms with Crippen LogP contribution in [0, 0.1) is 0 Å². The van der Waals surface area contributed by atoms with Crippen LogP contribution >= 0.6 is 0 Å². The maximum atomic E-state index is 12.5. The van der Waals surface area contributed by atoms with Crippen LogP contribution in [-0.2, 0) is 6.54 Å². The van der Waals surface area contributed by atoms with Gasteiger partial charge in [0.25, 0.3) is 11.8 Å². The number of rotatable bonds is 7. The lowest BCUT2D eigenvalue weighted by atomic mass is 10.1. The summed E-state index contributed by atoms with van der Waals surface area (Å²) in [5, 5.41) is 5.64. The molecule has 1 aromatic heterocycles. The number of carbonyl (C=O) groups excluding carboxylic acids is 2. The SMILES string of the molecule is CCOc1ccccc1C(=O)NCc1cccc(NC(=O)c2ccco2)c1. The van der Waals surface area contributed by atoms with Gasteiger partial charge >= 0.3 is 0 Å². The van der Waals surface area contributed by atoms with Crippen LogP contribution in [0.15, 0.2) is 71.3 Å². The van der Waals surface area contributed by atoms with Crippen molar-refractivity contribution in [3.8, 4) is 5.75 Å². The Balaban J connectivity index is 1.63. The van der Waals surface area contributed by atoms with Gasteiger partial charge in [0.2, 0.25) is 0 Å². The van der Waals surface area contributed by atoms with E-state index in [1.165, 1.54) is 6.26 Å². The summed E-state index contributed by atoms with van der Waals surface area (Å²) in [6, 6.07) is 17.6. The minimum Gasteiger partial charge on any atom is -0.493 e. The van der Waals surface area contributed by atoms with E-state index in [1.807, 2.05) is 25.1 Å². The molecule has 2 aromatic carbocycles. The van der Waals surface area contributed by atoms with Gasteiger partial charge in [0.05, 0.1) is 18.4 Å². The van der Waals surface area contributed by atoms with Crippen LogP contribution in [0.5, 0.6) is 5.75 Å². The fourth-order valence-corrected chi connectivity index (χ4v) is 2.57. The molecule has 138 valence electrons. The average Bonchev–Trinajstić information content (AvgIpc) is 3.22. The Morgan fingerprint density at radius 2 is 1.85 bits per heavy atom. The topological polar surface area (TPSA) is 80.6 Å². The number of carbonyl (C=O) groups is 2. The van der Waals surface area contributed by atoms with Crippen molar-refractivity contribution in [3.63, 3.8) is 0 Å². The van der Waals surface area contributed by atoms with Gasteiger partial charge in [-0.3, -0.25) is 9.59 Å². The van der Waals surface area contributed by atoms with Gasteiger partial charge in [-0.1, -0.05) is 24.3 Å². The summed E-state index contributed by atoms with van der Waals surface area (Å²) in [7, 11) is 0. The van der Waals surface area contributed by atoms with Crippen molar-refractivity contribution in [1.29, 1.82) is 0 Å². The highest BCUT2D eigenvalue weighted by molar-refractivity contribution is 6.02. The lowest BCUT2D eigenvalue weighted by molar-refractivity contribution is 0.0945. The number of benzene rings is 2. The molecule has 0 unspecified atom stereocenters. The minimum atomic E-state index is -0.327. The van der Waals surface area contributed by atoms with E-state index in [9.17, 15) is 9.59 Å². The largest absolute Gasteiger partial charge is 0.493 e. The van der Waals surface area contributed by atoms with Crippen LogP contribution in [0.2, 0.25) is 0 Å². The molecule has 27 heavy (non-hydrogen) atoms. The summed E-state index contributed by atoms with van der Waals surface area (Å²) in [4.78, 5) is 24.5. The maximum absolute atomic E-state index is 12.5. The van der Waals surface area contributed by atoms with Crippen LogP contribution < -0.4 is 15.4 Å². The molecule has 3 rings (SSSR count). The highest BCUT2D eigenvalue weighted by Crippen LogP contribution is 2.18. The summed E-state index contributed by atoms with van der Waals surface area (Å²) in [5.74, 6) is 0.245. The lowest BCUT2D eigenvalue weighted by Gasteiger charge is -2.11. The van der Waals surface area contributed by atoms with Crippen LogP contribution in [-0.4, -0.2) is 18.4 Å². The summed E-state index contributed by atoms with van der Waals surface area (Å²) in [5.41, 5.74) is 1.97. The van der Waals surface area contributed by atoms with Gasteiger partial charge < -0.3 is 19.8 Å². The fraction of sp³-hybridized carbons (Fsp3) is 0.143. The first-order valence-corrected chi connectivity index (χ1v) is 8.61. The monoisotopic (exact) mass is 364 g/mol. The number of hydrogen-bond acceptors (Lipinski definition) is 4. The normalized spacial score (nSPS) is 10.3. The van der Waals surface area contributed by atoms with Crippen LogP contribution in [0.4, 0.5) is 5.69 Å². The fourth-order valence-electron chi connectivity index (χ4n) is 2.57. The van der Waals surface area contributed by atoms with Crippen molar-refractivity contribution >= 4 is 17.5 Å². The highest BCUT2D eigenvalue weighted by Gasteiger charge is 2.12. The Bertz CT molecular complexity index is 919. The van der Waals surface area contributed by atoms with Crippen molar-refractivity contribution < 1.29 is 18.7 Å². The third-order valence-electron chi connectivity index (χ3n) is 3.81. The quantitative estimate of drug-likeness (QED) is 0.667. The first-order chi connectivity index (χ1) is 13.2. The van der Waals surface area contributed by atoms with Crippen molar-refractivity contribution in [2.24, 2.45) is 0 Å². The standard InChI is InChI=1S/C21H20N2O4/c1-2-26-18-10-4-3-9-17(18)20(24)22-14-15-7-5-8-16(13-15)23-21(25)19-11-6-12-27-19/h3-13H,2,14H2,1H3,(H,22,24)(H,23,25). The van der Waals surface area contributed by atoms with Crippen LogP contribution in [0.25, 0.3) is 0 Å². The van der Waals surface area contributed by atoms with Crippen molar-refractivity contribution in [3.05, 3.63) is 83.8 Å². The Hall–Kier alpha value is -3.54. The molecule has 1 heterocycles. The molecule has 0 fully saturated rings. The van der Waals surface area contributed by atoms with Gasteiger partial charge in [0, 0.05) is 12.2 Å². The molecule has 0 bridgehead atoms. The predicted molar refractivity (Wildman–Crippen MR) is 102 cm³/mol. The van der Waals surface area contributed by atoms with E-state index >= 15 is 0 Å². The molecule has 2 amide bonds. The Kier molecular flexibility index (Phi) is 5.89. The smallest absolute Gasteiger partial charge is 0.291 e. The summed E-state index contributed by atoms with van der Waals surface area (Å²) < 4.78 is 10.6. The number of nitrogens with one attached hydrogen (secondary N) is 2. The number of anilines is 1. The molecule has 0 radical (unpaired) electrons. The molecule has 6 nitrogen and oxygen atoms in total. The zero-order valence-electron chi connectivity index (χ0n) is 14.9. The third-order valence-corrected chi connectivity index (χ3v) is 3.81. The Morgan fingerprint density at radius 3 is 2.63 bits per heavy atom. The van der Waals surface area contributed by atoms with E-state index in [-0.39, 0.29) is 17.6 Å². The molecule has 0 spiro atoms. The molecule has 0 aliphatic rings. The summed E-state index contributed by atoms with van der Waals surface area (Å²) in [6.45, 7) is 2.68. The molecule has 0 saturated heterocycles. The Labute approximate surface area is 157 Å². The minimum absolute atomic E-state index is 0.218. The zero-order valence-corrected chi connectivity index (χ0v) is 14.9. The second-order valence-electron chi connectivity index (χ2n) is 5.74. The summed E-state index contributed by atoms with van der Waals surface area (Å²) >= 11 is 0. The number of furan rings is 1. The van der Waals surface area contributed by atoms with Crippen molar-refractivity contribution in [1.82, 2.24) is 5.32 Å². The highest BCUT2D eigenvalue weighted by atomic mass is 16.5. The van der Waals surface area contributed by atoms with E-state index < -0.39 is 0 Å². The van der Waals surface area contributed by atoms with Gasteiger partial charge in [0.1, 0.15) is 5.75 Å². The van der Waals surface area contributed by atoms with Crippen molar-refractivity contribution in [2.75, 3.05) is 11.9 Å². The molecule has 2 N–H and O–H groups in total. The number of amides is 2. The maximum Gasteiger partial charge on any atom is 0.291 e. The number of hydrogen-bond donors (Lipinski definition) is 2. The first-order valence-electron chi connectivity index (χ1n) is 8.61.